The van der Waals surface area contributed by atoms with Crippen molar-refractivity contribution in [1.29, 1.82) is 0 Å². The maximum Gasteiger partial charge on any atom is 0.259 e. The predicted molar refractivity (Wildman–Crippen MR) is 51.2 cm³/mol. The highest BCUT2D eigenvalue weighted by Gasteiger charge is 2.22. The Balaban J connectivity index is 2.86. The van der Waals surface area contributed by atoms with Gasteiger partial charge in [-0.2, -0.15) is 14.5 Å². The highest BCUT2D eigenvalue weighted by Crippen LogP contribution is 2.25. The number of nitrogens with two attached hydrogens (primary N) is 1. The van der Waals surface area contributed by atoms with E-state index in [1.807, 2.05) is 0 Å². The molecule has 0 saturated heterocycles. The van der Waals surface area contributed by atoms with Crippen LogP contribution in [0.25, 0.3) is 5.78 Å². The molecule has 0 aromatic carbocycles. The van der Waals surface area contributed by atoms with Gasteiger partial charge in [-0.3, -0.25) is 4.79 Å². The molecule has 1 amide bonds. The van der Waals surface area contributed by atoms with Crippen LogP contribution in [0.15, 0.2) is 0 Å². The third-order valence-corrected chi connectivity index (χ3v) is 1.94. The van der Waals surface area contributed by atoms with Crippen LogP contribution in [0, 0.1) is 6.33 Å². The van der Waals surface area contributed by atoms with Crippen LogP contribution >= 0.6 is 0 Å². The lowest BCUT2D eigenvalue weighted by Crippen LogP contribution is -2.17. The first-order chi connectivity index (χ1) is 7.69. The van der Waals surface area contributed by atoms with Gasteiger partial charge in [0, 0.05) is 0 Å². The van der Waals surface area contributed by atoms with Crippen molar-refractivity contribution in [3.8, 4) is 11.8 Å². The standard InChI is InChI=1S/C8H8N5O3/c1-15-6-4(5(9)14)7(16-2)13-8(12-6)10-3-11-13/h1-2H3,(H2,9,14). The Morgan fingerprint density at radius 1 is 1.44 bits per heavy atom. The normalized spacial score (nSPS) is 10.4. The molecule has 2 rings (SSSR count). The van der Waals surface area contributed by atoms with Crippen LogP contribution in [-0.4, -0.2) is 39.7 Å². The van der Waals surface area contributed by atoms with Crippen LogP contribution < -0.4 is 15.2 Å². The van der Waals surface area contributed by atoms with Crippen molar-refractivity contribution in [2.75, 3.05) is 14.2 Å². The number of carbonyl (C=O) groups excluding carboxylic acids is 1. The lowest BCUT2D eigenvalue weighted by Gasteiger charge is -2.09. The lowest BCUT2D eigenvalue weighted by atomic mass is 10.3. The van der Waals surface area contributed by atoms with E-state index < -0.39 is 5.91 Å². The quantitative estimate of drug-likeness (QED) is 0.717. The van der Waals surface area contributed by atoms with E-state index in [4.69, 9.17) is 15.2 Å². The maximum atomic E-state index is 11.3. The summed E-state index contributed by atoms with van der Waals surface area (Å²) in [6.45, 7) is 0. The predicted octanol–water partition coefficient (Wildman–Crippen LogP) is -0.959. The number of methoxy groups -OCH3 is 2. The molecule has 0 spiro atoms. The summed E-state index contributed by atoms with van der Waals surface area (Å²) in [5.41, 5.74) is 5.23. The first-order valence-electron chi connectivity index (χ1n) is 4.23. The highest BCUT2D eigenvalue weighted by atomic mass is 16.5. The molecule has 0 atom stereocenters. The van der Waals surface area contributed by atoms with Gasteiger partial charge < -0.3 is 15.2 Å². The average Bonchev–Trinajstić information content (AvgIpc) is 2.73. The highest BCUT2D eigenvalue weighted by molar-refractivity contribution is 5.97. The molecule has 0 fully saturated rings. The zero-order chi connectivity index (χ0) is 11.7. The number of fused-ring (bicyclic) bond motifs is 1. The largest absolute Gasteiger partial charge is 0.480 e. The molecule has 2 heterocycles. The van der Waals surface area contributed by atoms with Crippen molar-refractivity contribution in [3.05, 3.63) is 11.9 Å². The molecule has 0 aliphatic rings. The van der Waals surface area contributed by atoms with Crippen LogP contribution in [0.1, 0.15) is 10.4 Å². The van der Waals surface area contributed by atoms with Crippen molar-refractivity contribution in [3.63, 3.8) is 0 Å². The van der Waals surface area contributed by atoms with Crippen molar-refractivity contribution in [2.45, 2.75) is 0 Å². The summed E-state index contributed by atoms with van der Waals surface area (Å²) in [6.07, 6.45) is 2.34. The van der Waals surface area contributed by atoms with Gasteiger partial charge in [-0.25, -0.2) is 0 Å². The molecule has 0 aliphatic heterocycles. The van der Waals surface area contributed by atoms with Gasteiger partial charge in [0.05, 0.1) is 14.2 Å². The minimum atomic E-state index is -0.724. The summed E-state index contributed by atoms with van der Waals surface area (Å²) in [5.74, 6) is -0.362. The first-order valence-corrected chi connectivity index (χ1v) is 4.23. The van der Waals surface area contributed by atoms with Crippen LogP contribution in [0.4, 0.5) is 0 Å². The molecule has 8 heteroatoms. The van der Waals surface area contributed by atoms with Gasteiger partial charge in [0.15, 0.2) is 5.56 Å². The molecule has 0 aliphatic carbocycles. The Labute approximate surface area is 90.0 Å². The fraction of sp³-hybridized carbons (Fsp3) is 0.250. The monoisotopic (exact) mass is 222 g/mol. The number of ether oxygens (including phenoxy) is 2. The molecular formula is C8H8N5O3. The average molecular weight is 222 g/mol. The number of aromatic nitrogens is 4. The van der Waals surface area contributed by atoms with E-state index in [0.29, 0.717) is 0 Å². The van der Waals surface area contributed by atoms with E-state index in [2.05, 4.69) is 21.4 Å². The van der Waals surface area contributed by atoms with Gasteiger partial charge in [0.1, 0.15) is 0 Å². The molecule has 83 valence electrons. The van der Waals surface area contributed by atoms with Gasteiger partial charge in [0.2, 0.25) is 18.1 Å². The molecule has 2 N–H and O–H groups in total. The topological polar surface area (TPSA) is 105 Å². The number of hydrogen-bond donors (Lipinski definition) is 1. The lowest BCUT2D eigenvalue weighted by molar-refractivity contribution is 0.0992. The summed E-state index contributed by atoms with van der Waals surface area (Å²) in [5, 5.41) is 3.74. The molecule has 16 heavy (non-hydrogen) atoms. The minimum Gasteiger partial charge on any atom is -0.480 e. The molecule has 2 aromatic heterocycles. The summed E-state index contributed by atoms with van der Waals surface area (Å²) < 4.78 is 11.2. The van der Waals surface area contributed by atoms with Gasteiger partial charge in [-0.15, -0.1) is 5.10 Å². The van der Waals surface area contributed by atoms with Crippen molar-refractivity contribution in [2.24, 2.45) is 5.73 Å². The summed E-state index contributed by atoms with van der Waals surface area (Å²) in [7, 11) is 2.74. The Kier molecular flexibility index (Phi) is 2.31. The third-order valence-electron chi connectivity index (χ3n) is 1.94. The van der Waals surface area contributed by atoms with E-state index in [9.17, 15) is 4.79 Å². The Bertz CT molecular complexity index is 550. The molecule has 0 bridgehead atoms. The van der Waals surface area contributed by atoms with E-state index >= 15 is 0 Å². The van der Waals surface area contributed by atoms with Gasteiger partial charge >= 0.3 is 0 Å². The second kappa shape index (κ2) is 3.65. The number of rotatable bonds is 3. The van der Waals surface area contributed by atoms with E-state index in [-0.39, 0.29) is 23.1 Å². The van der Waals surface area contributed by atoms with Gasteiger partial charge in [-0.05, 0) is 0 Å². The van der Waals surface area contributed by atoms with E-state index in [0.717, 1.165) is 0 Å². The van der Waals surface area contributed by atoms with Gasteiger partial charge in [-0.1, -0.05) is 0 Å². The van der Waals surface area contributed by atoms with Crippen molar-refractivity contribution >= 4 is 11.7 Å². The zero-order valence-electron chi connectivity index (χ0n) is 8.59. The van der Waals surface area contributed by atoms with Crippen LogP contribution in [0.3, 0.4) is 0 Å². The second-order valence-corrected chi connectivity index (χ2v) is 2.79. The molecule has 0 saturated carbocycles. The maximum absolute atomic E-state index is 11.3. The Morgan fingerprint density at radius 3 is 2.75 bits per heavy atom. The molecular weight excluding hydrogens is 214 g/mol. The van der Waals surface area contributed by atoms with Gasteiger partial charge in [0.25, 0.3) is 11.7 Å². The molecule has 1 radical (unpaired) electrons. The second-order valence-electron chi connectivity index (χ2n) is 2.79. The molecule has 2 aromatic rings. The van der Waals surface area contributed by atoms with Crippen LogP contribution in [0.2, 0.25) is 0 Å². The summed E-state index contributed by atoms with van der Waals surface area (Å²) >= 11 is 0. The summed E-state index contributed by atoms with van der Waals surface area (Å²) in [4.78, 5) is 19.0. The fourth-order valence-corrected chi connectivity index (χ4v) is 1.30. The SMILES string of the molecule is COc1nc2n[c]nn2c(OC)c1C(N)=O. The van der Waals surface area contributed by atoms with E-state index in [1.165, 1.54) is 18.7 Å². The van der Waals surface area contributed by atoms with Crippen LogP contribution in [-0.2, 0) is 0 Å². The number of amides is 1. The van der Waals surface area contributed by atoms with Crippen molar-refractivity contribution in [1.82, 2.24) is 19.6 Å². The number of nitrogens with zero attached hydrogens (tertiary/aromatic N) is 4. The minimum absolute atomic E-state index is 0.0106. The number of hydrogen-bond acceptors (Lipinski definition) is 6. The zero-order valence-corrected chi connectivity index (χ0v) is 8.59. The number of carbonyl (C=O) groups is 1. The van der Waals surface area contributed by atoms with Crippen molar-refractivity contribution < 1.29 is 14.3 Å². The fourth-order valence-electron chi connectivity index (χ4n) is 1.30. The van der Waals surface area contributed by atoms with Crippen LogP contribution in [0.5, 0.6) is 11.8 Å². The molecule has 0 unspecified atom stereocenters. The van der Waals surface area contributed by atoms with E-state index in [1.54, 1.807) is 0 Å². The first kappa shape index (κ1) is 10.1. The Hall–Kier alpha value is -2.38. The number of primary amides is 1. The summed E-state index contributed by atoms with van der Waals surface area (Å²) in [6, 6.07) is 0. The Morgan fingerprint density at radius 2 is 2.19 bits per heavy atom. The smallest absolute Gasteiger partial charge is 0.259 e. The molecule has 8 nitrogen and oxygen atoms in total. The third kappa shape index (κ3) is 1.31.